The van der Waals surface area contributed by atoms with Gasteiger partial charge in [-0.2, -0.15) is 0 Å². The maximum Gasteiger partial charge on any atom is 0.245 e. The van der Waals surface area contributed by atoms with Crippen LogP contribution >= 0.6 is 38.9 Å². The number of methoxy groups -OCH3 is 1. The summed E-state index contributed by atoms with van der Waals surface area (Å²) >= 11 is 11.1. The van der Waals surface area contributed by atoms with E-state index in [9.17, 15) is 9.59 Å². The highest BCUT2D eigenvalue weighted by molar-refractivity contribution is 9.10. The Balaban J connectivity index is 1.58. The van der Waals surface area contributed by atoms with Gasteiger partial charge in [0.05, 0.1) is 6.61 Å². The molecule has 10 heteroatoms. The number of alkyl halides is 1. The molecule has 168 valence electrons. The summed E-state index contributed by atoms with van der Waals surface area (Å²) in [7, 11) is 1.56. The van der Waals surface area contributed by atoms with E-state index in [1.165, 1.54) is 11.3 Å². The Morgan fingerprint density at radius 3 is 2.66 bits per heavy atom. The Bertz CT molecular complexity index is 1050. The largest absolute Gasteiger partial charge is 0.383 e. The number of anilines is 1. The summed E-state index contributed by atoms with van der Waals surface area (Å²) in [5.41, 5.74) is 1.61. The Kier molecular flexibility index (Phi) is 9.16. The molecular weight excluding hydrogens is 516 g/mol. The van der Waals surface area contributed by atoms with Gasteiger partial charge in [0, 0.05) is 36.7 Å². The Morgan fingerprint density at radius 1 is 1.16 bits per heavy atom. The highest BCUT2D eigenvalue weighted by atomic mass is 79.9. The third-order valence-corrected chi connectivity index (χ3v) is 6.36. The van der Waals surface area contributed by atoms with Crippen molar-refractivity contribution in [3.05, 3.63) is 64.6 Å². The van der Waals surface area contributed by atoms with Crippen molar-refractivity contribution >= 4 is 55.8 Å². The van der Waals surface area contributed by atoms with Crippen LogP contribution < -0.4 is 5.32 Å². The Morgan fingerprint density at radius 2 is 1.94 bits per heavy atom. The van der Waals surface area contributed by atoms with Crippen LogP contribution in [0.1, 0.15) is 17.4 Å². The van der Waals surface area contributed by atoms with Crippen molar-refractivity contribution in [2.75, 3.05) is 32.1 Å². The highest BCUT2D eigenvalue weighted by Crippen LogP contribution is 2.28. The number of carbonyl (C=O) groups is 2. The van der Waals surface area contributed by atoms with Gasteiger partial charge in [0.1, 0.15) is 10.4 Å². The molecule has 7 nitrogen and oxygen atoms in total. The molecule has 2 amide bonds. The minimum atomic E-state index is -0.827. The van der Waals surface area contributed by atoms with E-state index in [-0.39, 0.29) is 24.8 Å². The predicted molar refractivity (Wildman–Crippen MR) is 130 cm³/mol. The molecule has 0 aliphatic rings. The summed E-state index contributed by atoms with van der Waals surface area (Å²) in [6.07, 6.45) is 0.0969. The molecule has 2 aromatic carbocycles. The van der Waals surface area contributed by atoms with Crippen molar-refractivity contribution in [2.24, 2.45) is 0 Å². The summed E-state index contributed by atoms with van der Waals surface area (Å²) in [5.74, 6) is -0.529. The number of nitrogens with one attached hydrogen (secondary N) is 1. The zero-order valence-corrected chi connectivity index (χ0v) is 20.5. The summed E-state index contributed by atoms with van der Waals surface area (Å²) in [4.78, 5) is 26.9. The SMILES string of the molecule is COCCN(CCC(=O)Nc1nnc(-c2cccc(Br)c2)s1)C(=O)C(Cl)c1ccccc1. The van der Waals surface area contributed by atoms with Gasteiger partial charge in [-0.3, -0.25) is 9.59 Å². The van der Waals surface area contributed by atoms with Crippen molar-refractivity contribution in [2.45, 2.75) is 11.8 Å². The van der Waals surface area contributed by atoms with E-state index in [1.54, 1.807) is 24.1 Å². The van der Waals surface area contributed by atoms with Crippen LogP contribution in [0.4, 0.5) is 5.13 Å². The minimum absolute atomic E-state index is 0.0969. The number of hydrogen-bond acceptors (Lipinski definition) is 6. The zero-order chi connectivity index (χ0) is 22.9. The molecule has 0 saturated heterocycles. The van der Waals surface area contributed by atoms with Gasteiger partial charge in [-0.05, 0) is 17.7 Å². The van der Waals surface area contributed by atoms with Crippen molar-refractivity contribution in [1.82, 2.24) is 15.1 Å². The molecule has 0 radical (unpaired) electrons. The quantitative estimate of drug-likeness (QED) is 0.377. The first-order valence-corrected chi connectivity index (χ1v) is 11.9. The Labute approximate surface area is 203 Å². The van der Waals surface area contributed by atoms with Gasteiger partial charge in [0.15, 0.2) is 0 Å². The van der Waals surface area contributed by atoms with Gasteiger partial charge in [-0.25, -0.2) is 0 Å². The van der Waals surface area contributed by atoms with Gasteiger partial charge < -0.3 is 15.0 Å². The smallest absolute Gasteiger partial charge is 0.245 e. The van der Waals surface area contributed by atoms with Crippen molar-refractivity contribution < 1.29 is 14.3 Å². The number of hydrogen-bond donors (Lipinski definition) is 1. The lowest BCUT2D eigenvalue weighted by molar-refractivity contribution is -0.132. The monoisotopic (exact) mass is 536 g/mol. The summed E-state index contributed by atoms with van der Waals surface area (Å²) in [6.45, 7) is 0.893. The molecule has 1 aromatic heterocycles. The maximum atomic E-state index is 12.9. The fourth-order valence-corrected chi connectivity index (χ4v) is 4.33. The predicted octanol–water partition coefficient (Wildman–Crippen LogP) is 4.75. The molecule has 0 fully saturated rings. The second kappa shape index (κ2) is 12.1. The number of carbonyl (C=O) groups excluding carboxylic acids is 2. The van der Waals surface area contributed by atoms with Crippen LogP contribution in [0.3, 0.4) is 0 Å². The van der Waals surface area contributed by atoms with Crippen LogP contribution in [0.2, 0.25) is 0 Å². The third-order valence-electron chi connectivity index (χ3n) is 4.54. The van der Waals surface area contributed by atoms with E-state index in [1.807, 2.05) is 42.5 Å². The van der Waals surface area contributed by atoms with Gasteiger partial charge in [-0.1, -0.05) is 69.7 Å². The average molecular weight is 538 g/mol. The Hall–Kier alpha value is -2.33. The van der Waals surface area contributed by atoms with Crippen LogP contribution in [-0.4, -0.2) is 53.7 Å². The van der Waals surface area contributed by atoms with E-state index in [4.69, 9.17) is 16.3 Å². The minimum Gasteiger partial charge on any atom is -0.383 e. The molecule has 0 bridgehead atoms. The van der Waals surface area contributed by atoms with Crippen LogP contribution in [0.25, 0.3) is 10.6 Å². The van der Waals surface area contributed by atoms with Gasteiger partial charge >= 0.3 is 0 Å². The molecule has 0 saturated carbocycles. The lowest BCUT2D eigenvalue weighted by atomic mass is 10.1. The number of rotatable bonds is 10. The summed E-state index contributed by atoms with van der Waals surface area (Å²) in [5, 5.41) is 11.2. The number of nitrogens with zero attached hydrogens (tertiary/aromatic N) is 3. The van der Waals surface area contributed by atoms with E-state index >= 15 is 0 Å². The highest BCUT2D eigenvalue weighted by Gasteiger charge is 2.24. The number of amides is 2. The number of ether oxygens (including phenoxy) is 1. The maximum absolute atomic E-state index is 12.9. The molecule has 0 aliphatic carbocycles. The van der Waals surface area contributed by atoms with Crippen LogP contribution in [0.15, 0.2) is 59.1 Å². The van der Waals surface area contributed by atoms with Crippen LogP contribution in [-0.2, 0) is 14.3 Å². The average Bonchev–Trinajstić information content (AvgIpc) is 3.27. The second-order valence-electron chi connectivity index (χ2n) is 6.81. The number of aromatic nitrogens is 2. The number of halogens is 2. The molecule has 32 heavy (non-hydrogen) atoms. The van der Waals surface area contributed by atoms with E-state index in [0.29, 0.717) is 28.9 Å². The molecule has 1 N–H and O–H groups in total. The summed E-state index contributed by atoms with van der Waals surface area (Å²) in [6, 6.07) is 16.8. The lowest BCUT2D eigenvalue weighted by Crippen LogP contribution is -2.38. The van der Waals surface area contributed by atoms with E-state index in [0.717, 1.165) is 10.0 Å². The fourth-order valence-electron chi connectivity index (χ4n) is 2.89. The molecule has 1 atom stereocenters. The molecule has 0 aliphatic heterocycles. The molecule has 0 spiro atoms. The van der Waals surface area contributed by atoms with Crippen LogP contribution in [0, 0.1) is 0 Å². The van der Waals surface area contributed by atoms with Crippen molar-refractivity contribution in [3.63, 3.8) is 0 Å². The van der Waals surface area contributed by atoms with Crippen LogP contribution in [0.5, 0.6) is 0 Å². The topological polar surface area (TPSA) is 84.4 Å². The fraction of sp³-hybridized carbons (Fsp3) is 0.273. The second-order valence-corrected chi connectivity index (χ2v) is 9.14. The molecular formula is C22H22BrClN4O3S. The molecule has 1 heterocycles. The van der Waals surface area contributed by atoms with E-state index < -0.39 is 5.38 Å². The first-order chi connectivity index (χ1) is 15.5. The molecule has 3 rings (SSSR count). The van der Waals surface area contributed by atoms with Crippen molar-refractivity contribution in [1.29, 1.82) is 0 Å². The van der Waals surface area contributed by atoms with Gasteiger partial charge in [-0.15, -0.1) is 21.8 Å². The summed E-state index contributed by atoms with van der Waals surface area (Å²) < 4.78 is 6.04. The lowest BCUT2D eigenvalue weighted by Gasteiger charge is -2.24. The normalized spacial score (nSPS) is 11.7. The standard InChI is InChI=1S/C22H22BrClN4O3S/c1-31-13-12-28(21(30)19(24)15-6-3-2-4-7-15)11-10-18(29)25-22-27-26-20(32-22)16-8-5-9-17(23)14-16/h2-9,14,19H,10-13H2,1H3,(H,25,27,29). The van der Waals surface area contributed by atoms with Gasteiger partial charge in [0.2, 0.25) is 16.9 Å². The first-order valence-electron chi connectivity index (χ1n) is 9.84. The molecule has 3 aromatic rings. The van der Waals surface area contributed by atoms with Crippen molar-refractivity contribution in [3.8, 4) is 10.6 Å². The first kappa shape index (κ1) is 24.3. The zero-order valence-electron chi connectivity index (χ0n) is 17.3. The van der Waals surface area contributed by atoms with Gasteiger partial charge in [0.25, 0.3) is 0 Å². The van der Waals surface area contributed by atoms with E-state index in [2.05, 4.69) is 31.4 Å². The third kappa shape index (κ3) is 6.83. The molecule has 1 unspecified atom stereocenters. The number of benzene rings is 2.